The van der Waals surface area contributed by atoms with Crippen molar-refractivity contribution in [3.8, 4) is 0 Å². The van der Waals surface area contributed by atoms with Gasteiger partial charge in [0.1, 0.15) is 0 Å². The summed E-state index contributed by atoms with van der Waals surface area (Å²) in [5.41, 5.74) is 1.34. The zero-order valence-electron chi connectivity index (χ0n) is 13.2. The SMILES string of the molecule is CC1CN(Cc2ccccc2)CCC1NC(=O)Nc1nccs1. The van der Waals surface area contributed by atoms with Crippen LogP contribution in [0.25, 0.3) is 0 Å². The molecule has 2 amide bonds. The molecule has 2 aromatic rings. The summed E-state index contributed by atoms with van der Waals surface area (Å²) in [5, 5.41) is 8.35. The molecule has 0 bridgehead atoms. The molecule has 122 valence electrons. The number of carbonyl (C=O) groups excluding carboxylic acids is 1. The number of nitrogens with zero attached hydrogens (tertiary/aromatic N) is 2. The number of thiazole rings is 1. The van der Waals surface area contributed by atoms with Gasteiger partial charge < -0.3 is 5.32 Å². The predicted molar refractivity (Wildman–Crippen MR) is 93.6 cm³/mol. The number of rotatable bonds is 4. The molecule has 2 heterocycles. The lowest BCUT2D eigenvalue weighted by atomic mass is 9.93. The van der Waals surface area contributed by atoms with Crippen LogP contribution in [0.4, 0.5) is 9.93 Å². The lowest BCUT2D eigenvalue weighted by Crippen LogP contribution is -2.50. The summed E-state index contributed by atoms with van der Waals surface area (Å²) in [4.78, 5) is 18.5. The second kappa shape index (κ2) is 7.57. The number of anilines is 1. The first-order valence-electron chi connectivity index (χ1n) is 7.94. The number of carbonyl (C=O) groups is 1. The van der Waals surface area contributed by atoms with Crippen LogP contribution >= 0.6 is 11.3 Å². The van der Waals surface area contributed by atoms with Gasteiger partial charge in [-0.25, -0.2) is 9.78 Å². The van der Waals surface area contributed by atoms with Gasteiger partial charge in [0.2, 0.25) is 0 Å². The third-order valence-corrected chi connectivity index (χ3v) is 4.90. The summed E-state index contributed by atoms with van der Waals surface area (Å²) in [6.45, 7) is 5.17. The largest absolute Gasteiger partial charge is 0.335 e. The summed E-state index contributed by atoms with van der Waals surface area (Å²) in [6.07, 6.45) is 2.66. The molecule has 2 N–H and O–H groups in total. The van der Waals surface area contributed by atoms with Gasteiger partial charge >= 0.3 is 6.03 Å². The maximum atomic E-state index is 12.0. The van der Waals surface area contributed by atoms with E-state index in [0.29, 0.717) is 11.0 Å². The molecule has 1 saturated heterocycles. The molecule has 2 unspecified atom stereocenters. The van der Waals surface area contributed by atoms with Crippen LogP contribution in [-0.4, -0.2) is 35.0 Å². The Morgan fingerprint density at radius 2 is 2.22 bits per heavy atom. The molecule has 2 atom stereocenters. The van der Waals surface area contributed by atoms with E-state index >= 15 is 0 Å². The van der Waals surface area contributed by atoms with Crippen molar-refractivity contribution < 1.29 is 4.79 Å². The summed E-state index contributed by atoms with van der Waals surface area (Å²) in [7, 11) is 0. The van der Waals surface area contributed by atoms with Gasteiger partial charge in [-0.3, -0.25) is 10.2 Å². The Morgan fingerprint density at radius 1 is 1.39 bits per heavy atom. The Labute approximate surface area is 140 Å². The number of hydrogen-bond acceptors (Lipinski definition) is 4. The van der Waals surface area contributed by atoms with Crippen molar-refractivity contribution in [1.82, 2.24) is 15.2 Å². The van der Waals surface area contributed by atoms with Gasteiger partial charge in [-0.05, 0) is 17.9 Å². The van der Waals surface area contributed by atoms with Crippen molar-refractivity contribution >= 4 is 22.5 Å². The second-order valence-electron chi connectivity index (χ2n) is 6.03. The molecule has 0 saturated carbocycles. The molecule has 5 nitrogen and oxygen atoms in total. The van der Waals surface area contributed by atoms with Crippen molar-refractivity contribution in [3.63, 3.8) is 0 Å². The topological polar surface area (TPSA) is 57.3 Å². The highest BCUT2D eigenvalue weighted by atomic mass is 32.1. The normalized spacial score (nSPS) is 21.8. The van der Waals surface area contributed by atoms with Gasteiger partial charge in [0, 0.05) is 37.3 Å². The van der Waals surface area contributed by atoms with Crippen molar-refractivity contribution in [1.29, 1.82) is 0 Å². The Bertz CT molecular complexity index is 617. The summed E-state index contributed by atoms with van der Waals surface area (Å²) < 4.78 is 0. The average Bonchev–Trinajstić information content (AvgIpc) is 3.04. The van der Waals surface area contributed by atoms with E-state index in [0.717, 1.165) is 26.1 Å². The van der Waals surface area contributed by atoms with Crippen molar-refractivity contribution in [2.24, 2.45) is 5.92 Å². The first kappa shape index (κ1) is 16.0. The number of benzene rings is 1. The third kappa shape index (κ3) is 4.53. The Morgan fingerprint density at radius 3 is 2.91 bits per heavy atom. The number of amides is 2. The zero-order chi connectivity index (χ0) is 16.1. The number of likely N-dealkylation sites (tertiary alicyclic amines) is 1. The van der Waals surface area contributed by atoms with Gasteiger partial charge in [-0.2, -0.15) is 0 Å². The van der Waals surface area contributed by atoms with Gasteiger partial charge in [0.25, 0.3) is 0 Å². The Kier molecular flexibility index (Phi) is 5.25. The molecular weight excluding hydrogens is 308 g/mol. The molecule has 0 aliphatic carbocycles. The van der Waals surface area contributed by atoms with Crippen LogP contribution in [-0.2, 0) is 6.54 Å². The highest BCUT2D eigenvalue weighted by Crippen LogP contribution is 2.19. The van der Waals surface area contributed by atoms with Crippen molar-refractivity contribution in [3.05, 3.63) is 47.5 Å². The van der Waals surface area contributed by atoms with Gasteiger partial charge in [-0.15, -0.1) is 11.3 Å². The maximum absolute atomic E-state index is 12.0. The monoisotopic (exact) mass is 330 g/mol. The molecule has 1 aliphatic rings. The minimum Gasteiger partial charge on any atom is -0.335 e. The molecule has 3 rings (SSSR count). The van der Waals surface area contributed by atoms with Crippen LogP contribution in [0.15, 0.2) is 41.9 Å². The average molecular weight is 330 g/mol. The third-order valence-electron chi connectivity index (χ3n) is 4.21. The van der Waals surface area contributed by atoms with E-state index < -0.39 is 0 Å². The highest BCUT2D eigenvalue weighted by Gasteiger charge is 2.27. The van der Waals surface area contributed by atoms with E-state index in [2.05, 4.69) is 51.7 Å². The fourth-order valence-electron chi connectivity index (χ4n) is 3.02. The molecule has 23 heavy (non-hydrogen) atoms. The van der Waals surface area contributed by atoms with Crippen LogP contribution in [0.2, 0.25) is 0 Å². The minimum atomic E-state index is -0.159. The number of urea groups is 1. The van der Waals surface area contributed by atoms with Crippen molar-refractivity contribution in [2.75, 3.05) is 18.4 Å². The van der Waals surface area contributed by atoms with E-state index in [1.165, 1.54) is 16.9 Å². The van der Waals surface area contributed by atoms with Gasteiger partial charge in [0.15, 0.2) is 5.13 Å². The zero-order valence-corrected chi connectivity index (χ0v) is 14.1. The number of aromatic nitrogens is 1. The second-order valence-corrected chi connectivity index (χ2v) is 6.92. The van der Waals surface area contributed by atoms with E-state index in [9.17, 15) is 4.79 Å². The number of nitrogens with one attached hydrogen (secondary N) is 2. The van der Waals surface area contributed by atoms with E-state index in [-0.39, 0.29) is 12.1 Å². The Hall–Kier alpha value is -1.92. The van der Waals surface area contributed by atoms with Gasteiger partial charge in [-0.1, -0.05) is 37.3 Å². The fourth-order valence-corrected chi connectivity index (χ4v) is 3.54. The Balaban J connectivity index is 1.47. The number of hydrogen-bond donors (Lipinski definition) is 2. The van der Waals surface area contributed by atoms with Crippen LogP contribution < -0.4 is 10.6 Å². The molecule has 1 aromatic heterocycles. The van der Waals surface area contributed by atoms with Gasteiger partial charge in [0.05, 0.1) is 0 Å². The van der Waals surface area contributed by atoms with Crippen molar-refractivity contribution in [2.45, 2.75) is 25.9 Å². The maximum Gasteiger partial charge on any atom is 0.321 e. The van der Waals surface area contributed by atoms with Crippen LogP contribution in [0.1, 0.15) is 18.9 Å². The first-order chi connectivity index (χ1) is 11.2. The lowest BCUT2D eigenvalue weighted by molar-refractivity contribution is 0.144. The first-order valence-corrected chi connectivity index (χ1v) is 8.82. The molecular formula is C17H22N4OS. The molecule has 1 aromatic carbocycles. The minimum absolute atomic E-state index is 0.159. The summed E-state index contributed by atoms with van der Waals surface area (Å²) in [6, 6.07) is 10.6. The molecule has 6 heteroatoms. The fraction of sp³-hybridized carbons (Fsp3) is 0.412. The number of piperidine rings is 1. The van der Waals surface area contributed by atoms with E-state index in [1.54, 1.807) is 6.20 Å². The highest BCUT2D eigenvalue weighted by molar-refractivity contribution is 7.13. The molecule has 1 aliphatic heterocycles. The molecule has 1 fully saturated rings. The van der Waals surface area contributed by atoms with Crippen LogP contribution in [0, 0.1) is 5.92 Å². The quantitative estimate of drug-likeness (QED) is 0.905. The summed E-state index contributed by atoms with van der Waals surface area (Å²) in [5.74, 6) is 0.425. The van der Waals surface area contributed by atoms with E-state index in [4.69, 9.17) is 0 Å². The molecule has 0 radical (unpaired) electrons. The molecule has 0 spiro atoms. The smallest absolute Gasteiger partial charge is 0.321 e. The lowest BCUT2D eigenvalue weighted by Gasteiger charge is -2.37. The van der Waals surface area contributed by atoms with E-state index in [1.807, 2.05) is 11.4 Å². The van der Waals surface area contributed by atoms with Crippen LogP contribution in [0.3, 0.4) is 0 Å². The summed E-state index contributed by atoms with van der Waals surface area (Å²) >= 11 is 1.42. The predicted octanol–water partition coefficient (Wildman–Crippen LogP) is 3.18. The standard InChI is InChI=1S/C17H22N4OS/c1-13-11-21(12-14-5-3-2-4-6-14)9-7-15(13)19-16(22)20-17-18-8-10-23-17/h2-6,8,10,13,15H,7,9,11-12H2,1H3,(H2,18,19,20,22). The van der Waals surface area contributed by atoms with Crippen LogP contribution in [0.5, 0.6) is 0 Å².